The second kappa shape index (κ2) is 7.43. The number of carbonyl (C=O) groups excluding carboxylic acids is 2. The Hall–Kier alpha value is -2.43. The number of amides is 1. The van der Waals surface area contributed by atoms with Gasteiger partial charge >= 0.3 is 0 Å². The molecule has 0 fully saturated rings. The normalized spacial score (nSPS) is 14.8. The first-order valence-electron chi connectivity index (χ1n) is 8.18. The molecule has 0 aromatic heterocycles. The highest BCUT2D eigenvalue weighted by molar-refractivity contribution is 6.09. The van der Waals surface area contributed by atoms with Crippen molar-refractivity contribution < 1.29 is 9.59 Å². The van der Waals surface area contributed by atoms with Gasteiger partial charge in [0.05, 0.1) is 5.70 Å². The topological polar surface area (TPSA) is 70.6 Å². The number of nitrogens with one attached hydrogen (secondary N) is 2. The average molecular weight is 327 g/mol. The molecule has 1 amide bonds. The maximum absolute atomic E-state index is 12.5. The van der Waals surface area contributed by atoms with Crippen LogP contribution in [0.4, 0.5) is 5.69 Å². The number of aryl methyl sites for hydroxylation is 1. The molecule has 1 atom stereocenters. The monoisotopic (exact) mass is 327 g/mol. The van der Waals surface area contributed by atoms with Crippen molar-refractivity contribution in [3.8, 4) is 0 Å². The van der Waals surface area contributed by atoms with E-state index in [9.17, 15) is 9.59 Å². The Morgan fingerprint density at radius 1 is 1.25 bits per heavy atom. The molecule has 1 aromatic rings. The lowest BCUT2D eigenvalue weighted by Crippen LogP contribution is -2.44. The number of hydrogen-bond acceptors (Lipinski definition) is 4. The van der Waals surface area contributed by atoms with E-state index in [0.717, 1.165) is 23.2 Å². The van der Waals surface area contributed by atoms with Crippen molar-refractivity contribution in [3.05, 3.63) is 41.6 Å². The molecule has 0 saturated carbocycles. The van der Waals surface area contributed by atoms with Crippen LogP contribution in [0.3, 0.4) is 0 Å². The van der Waals surface area contributed by atoms with E-state index < -0.39 is 6.04 Å². The number of carbonyl (C=O) groups is 2. The molecule has 1 aliphatic heterocycles. The molecule has 0 bridgehead atoms. The lowest BCUT2D eigenvalue weighted by atomic mass is 9.90. The summed E-state index contributed by atoms with van der Waals surface area (Å²) >= 11 is 0. The van der Waals surface area contributed by atoms with Crippen molar-refractivity contribution in [2.45, 2.75) is 46.6 Å². The number of amidine groups is 1. The Kier molecular flexibility index (Phi) is 5.54. The minimum absolute atomic E-state index is 0.0225. The molecule has 0 aliphatic carbocycles. The Labute approximate surface area is 143 Å². The summed E-state index contributed by atoms with van der Waals surface area (Å²) in [7, 11) is 0. The molecule has 5 nitrogen and oxygen atoms in total. The molecule has 24 heavy (non-hydrogen) atoms. The first-order chi connectivity index (χ1) is 11.3. The van der Waals surface area contributed by atoms with Crippen molar-refractivity contribution in [1.82, 2.24) is 5.32 Å². The molecule has 2 N–H and O–H groups in total. The van der Waals surface area contributed by atoms with E-state index >= 15 is 0 Å². The van der Waals surface area contributed by atoms with Crippen LogP contribution in [-0.2, 0) is 9.59 Å². The number of rotatable bonds is 6. The van der Waals surface area contributed by atoms with Gasteiger partial charge in [-0.05, 0) is 25.5 Å². The van der Waals surface area contributed by atoms with Crippen LogP contribution in [0.5, 0.6) is 0 Å². The first kappa shape index (κ1) is 17.9. The van der Waals surface area contributed by atoms with Gasteiger partial charge in [-0.25, -0.2) is 4.99 Å². The fourth-order valence-corrected chi connectivity index (χ4v) is 2.27. The van der Waals surface area contributed by atoms with Crippen LogP contribution in [0.15, 0.2) is 41.0 Å². The number of allylic oxidation sites excluding steroid dienone is 1. The molecule has 128 valence electrons. The number of benzene rings is 1. The molecular formula is C19H25N3O2. The van der Waals surface area contributed by atoms with E-state index in [1.54, 1.807) is 0 Å². The van der Waals surface area contributed by atoms with Crippen LogP contribution < -0.4 is 10.6 Å². The summed E-state index contributed by atoms with van der Waals surface area (Å²) in [5.41, 5.74) is 2.95. The Morgan fingerprint density at radius 3 is 2.42 bits per heavy atom. The summed E-state index contributed by atoms with van der Waals surface area (Å²) < 4.78 is 0. The molecule has 5 heteroatoms. The SMILES string of the molecule is Cc1ccc(NC(CCC=O)C(=O)NC2=NC(C(C)(C)C)=C2)cc1. The summed E-state index contributed by atoms with van der Waals surface area (Å²) in [6.07, 6.45) is 3.48. The lowest BCUT2D eigenvalue weighted by molar-refractivity contribution is -0.120. The van der Waals surface area contributed by atoms with Gasteiger partial charge in [-0.2, -0.15) is 0 Å². The Balaban J connectivity index is 1.98. The maximum Gasteiger partial charge on any atom is 0.248 e. The van der Waals surface area contributed by atoms with E-state index in [0.29, 0.717) is 18.7 Å². The molecule has 0 radical (unpaired) electrons. The predicted octanol–water partition coefficient (Wildman–Crippen LogP) is 3.21. The van der Waals surface area contributed by atoms with E-state index in [1.807, 2.05) is 37.3 Å². The third kappa shape index (κ3) is 4.78. The van der Waals surface area contributed by atoms with Crippen LogP contribution in [0.2, 0.25) is 0 Å². The molecule has 2 rings (SSSR count). The highest BCUT2D eigenvalue weighted by Gasteiger charge is 2.26. The van der Waals surface area contributed by atoms with Crippen molar-refractivity contribution >= 4 is 23.7 Å². The van der Waals surface area contributed by atoms with Gasteiger partial charge in [0, 0.05) is 23.6 Å². The fraction of sp³-hybridized carbons (Fsp3) is 0.421. The molecule has 0 spiro atoms. The number of nitrogens with zero attached hydrogens (tertiary/aromatic N) is 1. The second-order valence-corrected chi connectivity index (χ2v) is 7.07. The van der Waals surface area contributed by atoms with Gasteiger partial charge in [0.15, 0.2) is 0 Å². The predicted molar refractivity (Wildman–Crippen MR) is 97.0 cm³/mol. The molecule has 1 unspecified atom stereocenters. The Morgan fingerprint density at radius 2 is 1.88 bits per heavy atom. The number of anilines is 1. The molecule has 1 aromatic carbocycles. The van der Waals surface area contributed by atoms with Gasteiger partial charge in [-0.15, -0.1) is 0 Å². The lowest BCUT2D eigenvalue weighted by Gasteiger charge is -2.27. The summed E-state index contributed by atoms with van der Waals surface area (Å²) in [6, 6.07) is 7.33. The van der Waals surface area contributed by atoms with Gasteiger partial charge in [-0.1, -0.05) is 38.5 Å². The third-order valence-electron chi connectivity index (χ3n) is 3.82. The van der Waals surface area contributed by atoms with Gasteiger partial charge in [0.2, 0.25) is 5.91 Å². The maximum atomic E-state index is 12.5. The zero-order valence-electron chi connectivity index (χ0n) is 14.7. The minimum Gasteiger partial charge on any atom is -0.374 e. The van der Waals surface area contributed by atoms with Crippen LogP contribution >= 0.6 is 0 Å². The van der Waals surface area contributed by atoms with E-state index in [-0.39, 0.29) is 11.3 Å². The number of aldehydes is 1. The quantitative estimate of drug-likeness (QED) is 0.788. The van der Waals surface area contributed by atoms with Gasteiger partial charge in [0.1, 0.15) is 18.2 Å². The standard InChI is InChI=1S/C19H25N3O2/c1-13-7-9-14(10-8-13)20-15(6-5-11-23)18(24)22-17-12-16(21-17)19(2,3)4/h7-12,15,20H,5-6H2,1-4H3,(H,21,22,24). The van der Waals surface area contributed by atoms with Crippen LogP contribution in [0, 0.1) is 12.3 Å². The number of hydrogen-bond donors (Lipinski definition) is 2. The second-order valence-electron chi connectivity index (χ2n) is 7.07. The van der Waals surface area contributed by atoms with E-state index in [1.165, 1.54) is 0 Å². The highest BCUT2D eigenvalue weighted by Crippen LogP contribution is 2.30. The Bertz CT molecular complexity index is 667. The van der Waals surface area contributed by atoms with Crippen LogP contribution in [-0.4, -0.2) is 24.1 Å². The van der Waals surface area contributed by atoms with Gasteiger partial charge in [0.25, 0.3) is 0 Å². The minimum atomic E-state index is -0.479. The van der Waals surface area contributed by atoms with E-state index in [4.69, 9.17) is 0 Å². The van der Waals surface area contributed by atoms with Crippen molar-refractivity contribution in [1.29, 1.82) is 0 Å². The summed E-state index contributed by atoms with van der Waals surface area (Å²) in [5, 5.41) is 6.00. The fourth-order valence-electron chi connectivity index (χ4n) is 2.27. The van der Waals surface area contributed by atoms with Crippen LogP contribution in [0.1, 0.15) is 39.2 Å². The van der Waals surface area contributed by atoms with Crippen molar-refractivity contribution in [3.63, 3.8) is 0 Å². The first-order valence-corrected chi connectivity index (χ1v) is 8.18. The van der Waals surface area contributed by atoms with Crippen molar-refractivity contribution in [2.75, 3.05) is 5.32 Å². The summed E-state index contributed by atoms with van der Waals surface area (Å²) in [4.78, 5) is 27.5. The largest absolute Gasteiger partial charge is 0.374 e. The third-order valence-corrected chi connectivity index (χ3v) is 3.82. The summed E-state index contributed by atoms with van der Waals surface area (Å²) in [5.74, 6) is 0.395. The van der Waals surface area contributed by atoms with E-state index in [2.05, 4.69) is 36.4 Å². The highest BCUT2D eigenvalue weighted by atomic mass is 16.2. The summed E-state index contributed by atoms with van der Waals surface area (Å²) in [6.45, 7) is 8.24. The molecule has 1 aliphatic rings. The zero-order chi connectivity index (χ0) is 17.7. The smallest absolute Gasteiger partial charge is 0.248 e. The molecular weight excluding hydrogens is 302 g/mol. The number of aliphatic imine (C=N–C) groups is 1. The van der Waals surface area contributed by atoms with Gasteiger partial charge in [-0.3, -0.25) is 4.79 Å². The zero-order valence-corrected chi connectivity index (χ0v) is 14.7. The van der Waals surface area contributed by atoms with Gasteiger partial charge < -0.3 is 15.4 Å². The van der Waals surface area contributed by atoms with Crippen LogP contribution in [0.25, 0.3) is 0 Å². The molecule has 0 saturated heterocycles. The average Bonchev–Trinajstić information content (AvgIpc) is 2.47. The molecule has 1 heterocycles. The van der Waals surface area contributed by atoms with Crippen molar-refractivity contribution in [2.24, 2.45) is 10.4 Å².